The van der Waals surface area contributed by atoms with E-state index in [4.69, 9.17) is 4.74 Å². The number of likely N-dealkylation sites (tertiary alicyclic amines) is 1. The zero-order chi connectivity index (χ0) is 22.9. The molecule has 0 aliphatic carbocycles. The first kappa shape index (κ1) is 23.8. The maximum atomic E-state index is 13.3. The maximum Gasteiger partial charge on any atom is 0.319 e. The van der Waals surface area contributed by atoms with Gasteiger partial charge in [0.1, 0.15) is 6.04 Å². The summed E-state index contributed by atoms with van der Waals surface area (Å²) in [4.78, 5) is 39.7. The van der Waals surface area contributed by atoms with Crippen molar-refractivity contribution in [2.24, 2.45) is 5.92 Å². The molecule has 0 aromatic heterocycles. The van der Waals surface area contributed by atoms with E-state index < -0.39 is 12.1 Å². The third-order valence-electron chi connectivity index (χ3n) is 5.41. The molecule has 7 nitrogen and oxygen atoms in total. The van der Waals surface area contributed by atoms with E-state index in [1.165, 1.54) is 0 Å². The summed E-state index contributed by atoms with van der Waals surface area (Å²) in [5.74, 6) is -0.533. The Kier molecular flexibility index (Phi) is 8.67. The van der Waals surface area contributed by atoms with Gasteiger partial charge in [0.05, 0.1) is 12.5 Å². The van der Waals surface area contributed by atoms with E-state index in [1.807, 2.05) is 42.5 Å². The molecule has 3 rings (SSSR count). The molecule has 1 atom stereocenters. The Morgan fingerprint density at radius 1 is 1.06 bits per heavy atom. The molecule has 2 N–H and O–H groups in total. The van der Waals surface area contributed by atoms with Gasteiger partial charge in [0.15, 0.2) is 0 Å². The number of urea groups is 1. The number of piperidine rings is 1. The number of rotatable bonds is 7. The number of esters is 1. The molecular formula is C24H28BrN3O4. The van der Waals surface area contributed by atoms with Gasteiger partial charge >= 0.3 is 12.0 Å². The largest absolute Gasteiger partial charge is 0.466 e. The molecule has 32 heavy (non-hydrogen) atoms. The zero-order valence-corrected chi connectivity index (χ0v) is 19.6. The van der Waals surface area contributed by atoms with Gasteiger partial charge in [-0.1, -0.05) is 46.3 Å². The van der Waals surface area contributed by atoms with Crippen molar-refractivity contribution in [1.29, 1.82) is 0 Å². The summed E-state index contributed by atoms with van der Waals surface area (Å²) < 4.78 is 6.02. The van der Waals surface area contributed by atoms with E-state index in [1.54, 1.807) is 24.0 Å². The van der Waals surface area contributed by atoms with Gasteiger partial charge in [-0.25, -0.2) is 4.79 Å². The van der Waals surface area contributed by atoms with Crippen LogP contribution in [0, 0.1) is 5.92 Å². The van der Waals surface area contributed by atoms with Gasteiger partial charge in [0.25, 0.3) is 0 Å². The van der Waals surface area contributed by atoms with Gasteiger partial charge in [-0.2, -0.15) is 0 Å². The van der Waals surface area contributed by atoms with Crippen molar-refractivity contribution >= 4 is 39.5 Å². The number of carbonyl (C=O) groups is 3. The van der Waals surface area contributed by atoms with Gasteiger partial charge in [-0.05, 0) is 49.6 Å². The summed E-state index contributed by atoms with van der Waals surface area (Å²) in [6, 6.07) is 15.6. The van der Waals surface area contributed by atoms with Gasteiger partial charge in [0.2, 0.25) is 5.91 Å². The molecule has 1 aliphatic rings. The number of anilines is 1. The monoisotopic (exact) mass is 501 g/mol. The van der Waals surface area contributed by atoms with Crippen LogP contribution in [0.1, 0.15) is 25.3 Å². The van der Waals surface area contributed by atoms with E-state index in [9.17, 15) is 14.4 Å². The van der Waals surface area contributed by atoms with Crippen LogP contribution in [0.25, 0.3) is 0 Å². The summed E-state index contributed by atoms with van der Waals surface area (Å²) in [7, 11) is 0. The molecule has 1 aliphatic heterocycles. The molecule has 0 radical (unpaired) electrons. The fraction of sp³-hybridized carbons (Fsp3) is 0.375. The average molecular weight is 502 g/mol. The van der Waals surface area contributed by atoms with Crippen LogP contribution < -0.4 is 10.6 Å². The van der Waals surface area contributed by atoms with Crippen LogP contribution in [0.4, 0.5) is 10.5 Å². The van der Waals surface area contributed by atoms with Crippen LogP contribution in [-0.2, 0) is 20.7 Å². The number of halogens is 1. The molecule has 1 heterocycles. The van der Waals surface area contributed by atoms with E-state index in [0.29, 0.717) is 44.6 Å². The molecule has 0 saturated carbocycles. The van der Waals surface area contributed by atoms with E-state index >= 15 is 0 Å². The van der Waals surface area contributed by atoms with Crippen molar-refractivity contribution in [3.05, 3.63) is 64.6 Å². The highest BCUT2D eigenvalue weighted by Gasteiger charge is 2.32. The lowest BCUT2D eigenvalue weighted by molar-refractivity contribution is -0.151. The smallest absolute Gasteiger partial charge is 0.319 e. The predicted octanol–water partition coefficient (Wildman–Crippen LogP) is 3.98. The third kappa shape index (κ3) is 6.82. The second-order valence-corrected chi connectivity index (χ2v) is 8.61. The van der Waals surface area contributed by atoms with Crippen LogP contribution in [0.15, 0.2) is 59.1 Å². The molecule has 0 spiro atoms. The van der Waals surface area contributed by atoms with Crippen LogP contribution in [0.3, 0.4) is 0 Å². The fourth-order valence-corrected chi connectivity index (χ4v) is 3.99. The Bertz CT molecular complexity index is 913. The van der Waals surface area contributed by atoms with Gasteiger partial charge < -0.3 is 20.3 Å². The molecule has 0 bridgehead atoms. The Hall–Kier alpha value is -2.87. The second-order valence-electron chi connectivity index (χ2n) is 7.70. The van der Waals surface area contributed by atoms with Crippen LogP contribution in [-0.4, -0.2) is 48.5 Å². The summed E-state index contributed by atoms with van der Waals surface area (Å²) in [6.07, 6.45) is 1.51. The standard InChI is InChI=1S/C24H28BrN3O4/c1-2-32-23(30)18-12-14-28(15-13-18)22(29)21(16-17-6-4-3-5-7-17)27-24(31)26-20-10-8-19(25)9-11-20/h3-11,18,21H,2,12-16H2,1H3,(H2,26,27,31)/t21-/m1/s1. The number of carbonyl (C=O) groups excluding carboxylic acids is 3. The van der Waals surface area contributed by atoms with E-state index in [-0.39, 0.29) is 17.8 Å². The molecule has 1 saturated heterocycles. The molecule has 1 fully saturated rings. The number of hydrogen-bond donors (Lipinski definition) is 2. The van der Waals surface area contributed by atoms with Crippen molar-refractivity contribution < 1.29 is 19.1 Å². The first-order valence-electron chi connectivity index (χ1n) is 10.8. The van der Waals surface area contributed by atoms with Crippen LogP contribution in [0.5, 0.6) is 0 Å². The normalized spacial score (nSPS) is 15.0. The lowest BCUT2D eigenvalue weighted by atomic mass is 9.96. The minimum Gasteiger partial charge on any atom is -0.466 e. The number of amides is 3. The second kappa shape index (κ2) is 11.7. The molecular weight excluding hydrogens is 474 g/mol. The molecule has 2 aromatic rings. The molecule has 0 unspecified atom stereocenters. The van der Waals surface area contributed by atoms with Crippen LogP contribution in [0.2, 0.25) is 0 Å². The van der Waals surface area contributed by atoms with Gasteiger partial charge in [-0.3, -0.25) is 9.59 Å². The number of ether oxygens (including phenoxy) is 1. The SMILES string of the molecule is CCOC(=O)C1CCN(C(=O)[C@@H](Cc2ccccc2)NC(=O)Nc2ccc(Br)cc2)CC1. The predicted molar refractivity (Wildman–Crippen MR) is 126 cm³/mol. The quantitative estimate of drug-likeness (QED) is 0.561. The summed E-state index contributed by atoms with van der Waals surface area (Å²) in [5, 5.41) is 5.61. The van der Waals surface area contributed by atoms with E-state index in [0.717, 1.165) is 10.0 Å². The molecule has 3 amide bonds. The summed E-state index contributed by atoms with van der Waals surface area (Å²) in [6.45, 7) is 3.07. The lowest BCUT2D eigenvalue weighted by Crippen LogP contribution is -2.53. The van der Waals surface area contributed by atoms with Crippen LogP contribution >= 0.6 is 15.9 Å². The minimum absolute atomic E-state index is 0.151. The Morgan fingerprint density at radius 2 is 1.72 bits per heavy atom. The number of hydrogen-bond acceptors (Lipinski definition) is 4. The van der Waals surface area contributed by atoms with Crippen molar-refractivity contribution in [2.75, 3.05) is 25.0 Å². The zero-order valence-electron chi connectivity index (χ0n) is 18.1. The van der Waals surface area contributed by atoms with Crippen molar-refractivity contribution in [1.82, 2.24) is 10.2 Å². The van der Waals surface area contributed by atoms with Gasteiger partial charge in [-0.15, -0.1) is 0 Å². The highest BCUT2D eigenvalue weighted by molar-refractivity contribution is 9.10. The summed E-state index contributed by atoms with van der Waals surface area (Å²) in [5.41, 5.74) is 1.59. The van der Waals surface area contributed by atoms with Crippen molar-refractivity contribution in [2.45, 2.75) is 32.2 Å². The third-order valence-corrected chi connectivity index (χ3v) is 5.94. The first-order valence-corrected chi connectivity index (χ1v) is 11.6. The average Bonchev–Trinajstić information content (AvgIpc) is 2.80. The first-order chi connectivity index (χ1) is 15.5. The molecule has 8 heteroatoms. The molecule has 170 valence electrons. The Balaban J connectivity index is 1.65. The number of nitrogens with zero attached hydrogens (tertiary/aromatic N) is 1. The molecule has 2 aromatic carbocycles. The van der Waals surface area contributed by atoms with E-state index in [2.05, 4.69) is 26.6 Å². The Labute approximate surface area is 196 Å². The van der Waals surface area contributed by atoms with Gasteiger partial charge in [0, 0.05) is 29.7 Å². The number of benzene rings is 2. The fourth-order valence-electron chi connectivity index (χ4n) is 3.72. The van der Waals surface area contributed by atoms with Crippen molar-refractivity contribution in [3.63, 3.8) is 0 Å². The summed E-state index contributed by atoms with van der Waals surface area (Å²) >= 11 is 3.37. The highest BCUT2D eigenvalue weighted by Crippen LogP contribution is 2.20. The lowest BCUT2D eigenvalue weighted by Gasteiger charge is -2.33. The Morgan fingerprint density at radius 3 is 2.34 bits per heavy atom. The highest BCUT2D eigenvalue weighted by atomic mass is 79.9. The maximum absolute atomic E-state index is 13.3. The number of nitrogens with one attached hydrogen (secondary N) is 2. The minimum atomic E-state index is -0.716. The van der Waals surface area contributed by atoms with Crippen molar-refractivity contribution in [3.8, 4) is 0 Å². The topological polar surface area (TPSA) is 87.7 Å².